The zero-order valence-electron chi connectivity index (χ0n) is 13.6. The molecule has 2 amide bonds. The van der Waals surface area contributed by atoms with Crippen molar-refractivity contribution < 1.29 is 9.59 Å². The number of nitrogens with one attached hydrogen (secondary N) is 3. The van der Waals surface area contributed by atoms with Crippen LogP contribution in [0.4, 0.5) is 11.4 Å². The molecule has 2 aliphatic rings. The van der Waals surface area contributed by atoms with Crippen molar-refractivity contribution in [1.29, 1.82) is 0 Å². The molecule has 0 bridgehead atoms. The van der Waals surface area contributed by atoms with Gasteiger partial charge in [0.2, 0.25) is 11.8 Å². The highest BCUT2D eigenvalue weighted by atomic mass is 16.2. The summed E-state index contributed by atoms with van der Waals surface area (Å²) in [5, 5.41) is 9.26. The van der Waals surface area contributed by atoms with Crippen molar-refractivity contribution in [2.45, 2.75) is 57.5 Å². The van der Waals surface area contributed by atoms with Crippen molar-refractivity contribution in [2.24, 2.45) is 5.92 Å². The van der Waals surface area contributed by atoms with Gasteiger partial charge in [-0.3, -0.25) is 9.59 Å². The zero-order chi connectivity index (χ0) is 16.2. The Balaban J connectivity index is 1.54. The maximum atomic E-state index is 12.4. The molecule has 3 atom stereocenters. The summed E-state index contributed by atoms with van der Waals surface area (Å²) in [5.41, 5.74) is 1.51. The molecular weight excluding hydrogens is 290 g/mol. The van der Waals surface area contributed by atoms with E-state index in [1.165, 1.54) is 25.7 Å². The topological polar surface area (TPSA) is 70.2 Å². The summed E-state index contributed by atoms with van der Waals surface area (Å²) in [6.45, 7) is 1.82. The van der Waals surface area contributed by atoms with Crippen LogP contribution in [-0.4, -0.2) is 23.9 Å². The second-order valence-corrected chi connectivity index (χ2v) is 6.57. The molecule has 0 spiro atoms. The van der Waals surface area contributed by atoms with Gasteiger partial charge in [0, 0.05) is 23.8 Å². The number of rotatable bonds is 4. The first-order chi connectivity index (χ1) is 11.2. The third-order valence-corrected chi connectivity index (χ3v) is 4.94. The molecule has 5 nitrogen and oxygen atoms in total. The van der Waals surface area contributed by atoms with E-state index >= 15 is 0 Å². The fourth-order valence-electron chi connectivity index (χ4n) is 3.64. The van der Waals surface area contributed by atoms with Gasteiger partial charge in [0.1, 0.15) is 0 Å². The van der Waals surface area contributed by atoms with E-state index in [0.29, 0.717) is 18.4 Å². The van der Waals surface area contributed by atoms with Crippen LogP contribution in [0, 0.1) is 5.92 Å². The maximum Gasteiger partial charge on any atom is 0.241 e. The third-order valence-electron chi connectivity index (χ3n) is 4.94. The molecule has 1 aromatic carbocycles. The average Bonchev–Trinajstić information content (AvgIpc) is 3.00. The number of fused-ring (bicyclic) bond motifs is 1. The molecule has 1 aliphatic carbocycles. The van der Waals surface area contributed by atoms with Gasteiger partial charge in [-0.15, -0.1) is 0 Å². The van der Waals surface area contributed by atoms with Gasteiger partial charge in [-0.1, -0.05) is 19.8 Å². The largest absolute Gasteiger partial charge is 0.326 e. The number of carbonyl (C=O) groups excluding carboxylic acids is 2. The van der Waals surface area contributed by atoms with E-state index in [1.54, 1.807) is 0 Å². The molecule has 3 N–H and O–H groups in total. The van der Waals surface area contributed by atoms with Crippen molar-refractivity contribution >= 4 is 23.2 Å². The second kappa shape index (κ2) is 7.13. The Morgan fingerprint density at radius 1 is 1.09 bits per heavy atom. The molecule has 2 fully saturated rings. The van der Waals surface area contributed by atoms with Gasteiger partial charge in [-0.05, 0) is 49.4 Å². The lowest BCUT2D eigenvalue weighted by Crippen LogP contribution is -2.39. The van der Waals surface area contributed by atoms with Gasteiger partial charge in [0.25, 0.3) is 0 Å². The van der Waals surface area contributed by atoms with Gasteiger partial charge in [0.05, 0.1) is 6.04 Å². The molecule has 1 aromatic rings. The molecule has 1 saturated heterocycles. The predicted octanol–water partition coefficient (Wildman–Crippen LogP) is 2.89. The molecule has 0 radical (unpaired) electrons. The Bertz CT molecular complexity index is 556. The van der Waals surface area contributed by atoms with Crippen LogP contribution < -0.4 is 16.0 Å². The van der Waals surface area contributed by atoms with Crippen LogP contribution in [0.1, 0.15) is 45.4 Å². The Kier molecular flexibility index (Phi) is 4.96. The highest BCUT2D eigenvalue weighted by Crippen LogP contribution is 2.33. The van der Waals surface area contributed by atoms with Crippen LogP contribution in [0.3, 0.4) is 0 Å². The highest BCUT2D eigenvalue weighted by molar-refractivity contribution is 5.95. The van der Waals surface area contributed by atoms with E-state index in [4.69, 9.17) is 0 Å². The molecule has 0 aromatic heterocycles. The van der Waals surface area contributed by atoms with E-state index in [1.807, 2.05) is 31.2 Å². The SMILES string of the molecule is CCC(=O)Nc1ccc(NC(=O)C2CC3CCCCC3N2)cc1. The van der Waals surface area contributed by atoms with Crippen LogP contribution in [0.5, 0.6) is 0 Å². The summed E-state index contributed by atoms with van der Waals surface area (Å²) >= 11 is 0. The first-order valence-electron chi connectivity index (χ1n) is 8.62. The standard InChI is InChI=1S/C18H25N3O2/c1-2-17(22)19-13-7-9-14(10-8-13)20-18(23)16-11-12-5-3-4-6-15(12)21-16/h7-10,12,15-16,21H,2-6,11H2,1H3,(H,19,22)(H,20,23). The Morgan fingerprint density at radius 3 is 2.39 bits per heavy atom. The van der Waals surface area contributed by atoms with Crippen molar-refractivity contribution in [3.8, 4) is 0 Å². The van der Waals surface area contributed by atoms with Crippen molar-refractivity contribution in [2.75, 3.05) is 10.6 Å². The average molecular weight is 315 g/mol. The van der Waals surface area contributed by atoms with E-state index < -0.39 is 0 Å². The summed E-state index contributed by atoms with van der Waals surface area (Å²) in [7, 11) is 0. The minimum atomic E-state index is -0.0810. The van der Waals surface area contributed by atoms with Crippen molar-refractivity contribution in [1.82, 2.24) is 5.32 Å². The zero-order valence-corrected chi connectivity index (χ0v) is 13.6. The Morgan fingerprint density at radius 2 is 1.74 bits per heavy atom. The van der Waals surface area contributed by atoms with Crippen LogP contribution in [0.15, 0.2) is 24.3 Å². The normalized spacial score (nSPS) is 26.4. The lowest BCUT2D eigenvalue weighted by Gasteiger charge is -2.24. The van der Waals surface area contributed by atoms with E-state index in [2.05, 4.69) is 16.0 Å². The monoisotopic (exact) mass is 315 g/mol. The Hall–Kier alpha value is -1.88. The number of hydrogen-bond donors (Lipinski definition) is 3. The second-order valence-electron chi connectivity index (χ2n) is 6.57. The van der Waals surface area contributed by atoms with E-state index in [-0.39, 0.29) is 17.9 Å². The molecule has 124 valence electrons. The van der Waals surface area contributed by atoms with Crippen LogP contribution in [0.2, 0.25) is 0 Å². The summed E-state index contributed by atoms with van der Waals surface area (Å²) in [4.78, 5) is 23.8. The lowest BCUT2D eigenvalue weighted by molar-refractivity contribution is -0.118. The summed E-state index contributed by atoms with van der Waals surface area (Å²) < 4.78 is 0. The van der Waals surface area contributed by atoms with Gasteiger partial charge in [-0.25, -0.2) is 0 Å². The minimum absolute atomic E-state index is 0.0143. The van der Waals surface area contributed by atoms with Crippen LogP contribution in [0.25, 0.3) is 0 Å². The summed E-state index contributed by atoms with van der Waals surface area (Å²) in [6, 6.07) is 7.71. The number of carbonyl (C=O) groups is 2. The smallest absolute Gasteiger partial charge is 0.241 e. The van der Waals surface area contributed by atoms with Gasteiger partial charge >= 0.3 is 0 Å². The molecule has 1 heterocycles. The maximum absolute atomic E-state index is 12.4. The minimum Gasteiger partial charge on any atom is -0.326 e. The van der Waals surface area contributed by atoms with E-state index in [9.17, 15) is 9.59 Å². The molecular formula is C18H25N3O2. The van der Waals surface area contributed by atoms with Crippen molar-refractivity contribution in [3.63, 3.8) is 0 Å². The fraction of sp³-hybridized carbons (Fsp3) is 0.556. The molecule has 1 aliphatic heterocycles. The van der Waals surface area contributed by atoms with Crippen LogP contribution in [-0.2, 0) is 9.59 Å². The quantitative estimate of drug-likeness (QED) is 0.800. The number of amides is 2. The third kappa shape index (κ3) is 3.91. The highest BCUT2D eigenvalue weighted by Gasteiger charge is 2.38. The molecule has 3 unspecified atom stereocenters. The number of benzene rings is 1. The fourth-order valence-corrected chi connectivity index (χ4v) is 3.64. The molecule has 5 heteroatoms. The first kappa shape index (κ1) is 16.0. The van der Waals surface area contributed by atoms with Gasteiger partial charge in [-0.2, -0.15) is 0 Å². The molecule has 3 rings (SSSR count). The Labute approximate surface area is 137 Å². The first-order valence-corrected chi connectivity index (χ1v) is 8.62. The van der Waals surface area contributed by atoms with Gasteiger partial charge in [0.15, 0.2) is 0 Å². The lowest BCUT2D eigenvalue weighted by atomic mass is 9.85. The number of anilines is 2. The predicted molar refractivity (Wildman–Crippen MR) is 91.3 cm³/mol. The van der Waals surface area contributed by atoms with E-state index in [0.717, 1.165) is 17.8 Å². The van der Waals surface area contributed by atoms with Crippen LogP contribution >= 0.6 is 0 Å². The molecule has 23 heavy (non-hydrogen) atoms. The van der Waals surface area contributed by atoms with Crippen molar-refractivity contribution in [3.05, 3.63) is 24.3 Å². The molecule has 1 saturated carbocycles. The summed E-state index contributed by atoms with van der Waals surface area (Å²) in [6.07, 6.45) is 6.40. The summed E-state index contributed by atoms with van der Waals surface area (Å²) in [5.74, 6) is 0.690. The van der Waals surface area contributed by atoms with Gasteiger partial charge < -0.3 is 16.0 Å². The number of hydrogen-bond acceptors (Lipinski definition) is 3.